The molecule has 8 nitrogen and oxygen atoms in total. The molecule has 0 radical (unpaired) electrons. The highest BCUT2D eigenvalue weighted by Crippen LogP contribution is 2.40. The van der Waals surface area contributed by atoms with Gasteiger partial charge in [0.05, 0.1) is 26.2 Å². The standard InChI is InChI=1S/C21H28N2O6S/c1-21(2,3)12-17(24)22-7-8-23-19(25)16(30-20(23)26)11-13-9-14(27-4)18(29-6)15(10-13)28-5/h9-11H,7-8,12H2,1-6H3,(H,22,24)/b16-11-. The largest absolute Gasteiger partial charge is 0.493 e. The van der Waals surface area contributed by atoms with Crippen molar-refractivity contribution in [1.29, 1.82) is 0 Å². The summed E-state index contributed by atoms with van der Waals surface area (Å²) in [6.07, 6.45) is 1.98. The first-order valence-corrected chi connectivity index (χ1v) is 10.2. The van der Waals surface area contributed by atoms with Gasteiger partial charge in [0.2, 0.25) is 11.7 Å². The monoisotopic (exact) mass is 436 g/mol. The van der Waals surface area contributed by atoms with Crippen molar-refractivity contribution in [2.45, 2.75) is 27.2 Å². The predicted octanol–water partition coefficient (Wildman–Crippen LogP) is 3.30. The van der Waals surface area contributed by atoms with Gasteiger partial charge in [-0.3, -0.25) is 19.3 Å². The molecule has 164 valence electrons. The minimum absolute atomic E-state index is 0.109. The molecule has 0 atom stereocenters. The summed E-state index contributed by atoms with van der Waals surface area (Å²) >= 11 is 0.855. The SMILES string of the molecule is COc1cc(/C=C2\SC(=O)N(CCNC(=O)CC(C)(C)C)C2=O)cc(OC)c1OC. The zero-order valence-corrected chi connectivity index (χ0v) is 19.0. The highest BCUT2D eigenvalue weighted by Gasteiger charge is 2.34. The van der Waals surface area contributed by atoms with Crippen LogP contribution in [0.15, 0.2) is 17.0 Å². The van der Waals surface area contributed by atoms with E-state index in [-0.39, 0.29) is 34.6 Å². The minimum atomic E-state index is -0.399. The number of carbonyl (C=O) groups excluding carboxylic acids is 3. The zero-order valence-electron chi connectivity index (χ0n) is 18.2. The Morgan fingerprint density at radius 3 is 2.20 bits per heavy atom. The van der Waals surface area contributed by atoms with Crippen LogP contribution >= 0.6 is 11.8 Å². The predicted molar refractivity (Wildman–Crippen MR) is 116 cm³/mol. The van der Waals surface area contributed by atoms with Crippen LogP contribution in [0.1, 0.15) is 32.8 Å². The van der Waals surface area contributed by atoms with E-state index in [0.29, 0.717) is 29.2 Å². The molecule has 1 fully saturated rings. The first kappa shape index (κ1) is 23.6. The number of rotatable bonds is 8. The summed E-state index contributed by atoms with van der Waals surface area (Å²) in [4.78, 5) is 38.3. The first-order chi connectivity index (χ1) is 14.1. The molecule has 1 aromatic rings. The Morgan fingerprint density at radius 1 is 1.10 bits per heavy atom. The summed E-state index contributed by atoms with van der Waals surface area (Å²) in [5, 5.41) is 2.38. The molecule has 1 heterocycles. The van der Waals surface area contributed by atoms with Crippen LogP contribution in [0.4, 0.5) is 4.79 Å². The van der Waals surface area contributed by atoms with Gasteiger partial charge < -0.3 is 19.5 Å². The van der Waals surface area contributed by atoms with Gasteiger partial charge in [0.1, 0.15) is 0 Å². The molecule has 1 saturated heterocycles. The molecule has 0 aliphatic carbocycles. The second kappa shape index (κ2) is 9.88. The van der Waals surface area contributed by atoms with Crippen molar-refractivity contribution in [3.63, 3.8) is 0 Å². The van der Waals surface area contributed by atoms with Crippen LogP contribution in [0.3, 0.4) is 0 Å². The molecule has 0 spiro atoms. The van der Waals surface area contributed by atoms with Gasteiger partial charge >= 0.3 is 0 Å². The van der Waals surface area contributed by atoms with Gasteiger partial charge in [-0.25, -0.2) is 0 Å². The summed E-state index contributed by atoms with van der Waals surface area (Å²) in [5.41, 5.74) is 0.503. The third kappa shape index (κ3) is 5.91. The van der Waals surface area contributed by atoms with Crippen molar-refractivity contribution in [3.8, 4) is 17.2 Å². The third-order valence-corrected chi connectivity index (χ3v) is 5.11. The lowest BCUT2D eigenvalue weighted by atomic mass is 9.92. The summed E-state index contributed by atoms with van der Waals surface area (Å²) in [6.45, 7) is 6.24. The summed E-state index contributed by atoms with van der Waals surface area (Å²) < 4.78 is 15.9. The van der Waals surface area contributed by atoms with Crippen LogP contribution < -0.4 is 19.5 Å². The first-order valence-electron chi connectivity index (χ1n) is 9.41. The van der Waals surface area contributed by atoms with Gasteiger partial charge in [0, 0.05) is 19.5 Å². The molecular weight excluding hydrogens is 408 g/mol. The molecule has 1 aliphatic rings. The Labute approximate surface area is 180 Å². The van der Waals surface area contributed by atoms with Gasteiger partial charge in [0.25, 0.3) is 11.1 Å². The molecule has 2 rings (SSSR count). The highest BCUT2D eigenvalue weighted by atomic mass is 32.2. The quantitative estimate of drug-likeness (QED) is 0.625. The molecule has 1 aromatic carbocycles. The Kier molecular flexibility index (Phi) is 7.77. The number of hydrogen-bond donors (Lipinski definition) is 1. The maximum absolute atomic E-state index is 12.7. The van der Waals surface area contributed by atoms with Gasteiger partial charge in [-0.1, -0.05) is 20.8 Å². The Bertz CT molecular complexity index is 835. The number of imide groups is 1. The van der Waals surface area contributed by atoms with Crippen molar-refractivity contribution < 1.29 is 28.6 Å². The van der Waals surface area contributed by atoms with Crippen LogP contribution in [0.25, 0.3) is 6.08 Å². The lowest BCUT2D eigenvalue weighted by molar-refractivity contribution is -0.125. The molecule has 0 unspecified atom stereocenters. The minimum Gasteiger partial charge on any atom is -0.493 e. The van der Waals surface area contributed by atoms with E-state index in [9.17, 15) is 14.4 Å². The zero-order chi connectivity index (χ0) is 22.5. The lowest BCUT2D eigenvalue weighted by Gasteiger charge is -2.18. The number of ether oxygens (including phenoxy) is 3. The molecule has 3 amide bonds. The average molecular weight is 437 g/mol. The van der Waals surface area contributed by atoms with E-state index in [1.165, 1.54) is 21.3 Å². The maximum atomic E-state index is 12.7. The molecule has 1 aliphatic heterocycles. The number of nitrogens with one attached hydrogen (secondary N) is 1. The Hall–Kier alpha value is -2.68. The fraction of sp³-hybridized carbons (Fsp3) is 0.476. The van der Waals surface area contributed by atoms with Gasteiger partial charge in [0.15, 0.2) is 11.5 Å². The Morgan fingerprint density at radius 2 is 1.70 bits per heavy atom. The molecule has 0 aromatic heterocycles. The molecule has 0 bridgehead atoms. The number of amides is 3. The van der Waals surface area contributed by atoms with E-state index in [0.717, 1.165) is 16.7 Å². The third-order valence-electron chi connectivity index (χ3n) is 4.21. The smallest absolute Gasteiger partial charge is 0.293 e. The van der Waals surface area contributed by atoms with Gasteiger partial charge in [-0.05, 0) is 40.9 Å². The van der Waals surface area contributed by atoms with E-state index < -0.39 is 5.91 Å². The van der Waals surface area contributed by atoms with Crippen LogP contribution in [0, 0.1) is 5.41 Å². The van der Waals surface area contributed by atoms with Crippen molar-refractivity contribution in [3.05, 3.63) is 22.6 Å². The highest BCUT2D eigenvalue weighted by molar-refractivity contribution is 8.18. The van der Waals surface area contributed by atoms with Crippen molar-refractivity contribution in [2.75, 3.05) is 34.4 Å². The molecule has 1 N–H and O–H groups in total. The molecular formula is C21H28N2O6S. The van der Waals surface area contributed by atoms with Gasteiger partial charge in [-0.2, -0.15) is 0 Å². The van der Waals surface area contributed by atoms with Crippen molar-refractivity contribution in [2.24, 2.45) is 5.41 Å². The Balaban J connectivity index is 2.10. The fourth-order valence-electron chi connectivity index (χ4n) is 2.88. The fourth-order valence-corrected chi connectivity index (χ4v) is 3.75. The summed E-state index contributed by atoms with van der Waals surface area (Å²) in [5.74, 6) is 0.829. The summed E-state index contributed by atoms with van der Waals surface area (Å²) in [6, 6.07) is 3.39. The number of benzene rings is 1. The number of thioether (sulfide) groups is 1. The van der Waals surface area contributed by atoms with E-state index in [2.05, 4.69) is 5.32 Å². The van der Waals surface area contributed by atoms with Crippen LogP contribution in [-0.4, -0.2) is 56.4 Å². The normalized spacial score (nSPS) is 15.5. The topological polar surface area (TPSA) is 94.2 Å². The number of methoxy groups -OCH3 is 3. The summed E-state index contributed by atoms with van der Waals surface area (Å²) in [7, 11) is 4.51. The van der Waals surface area contributed by atoms with E-state index in [4.69, 9.17) is 14.2 Å². The van der Waals surface area contributed by atoms with E-state index >= 15 is 0 Å². The molecule has 9 heteroatoms. The van der Waals surface area contributed by atoms with Crippen LogP contribution in [-0.2, 0) is 9.59 Å². The second-order valence-electron chi connectivity index (χ2n) is 7.88. The number of nitrogens with zero attached hydrogens (tertiary/aromatic N) is 1. The van der Waals surface area contributed by atoms with Crippen LogP contribution in [0.2, 0.25) is 0 Å². The van der Waals surface area contributed by atoms with E-state index in [1.807, 2.05) is 20.8 Å². The van der Waals surface area contributed by atoms with Crippen molar-refractivity contribution in [1.82, 2.24) is 10.2 Å². The van der Waals surface area contributed by atoms with Crippen LogP contribution in [0.5, 0.6) is 17.2 Å². The average Bonchev–Trinajstić information content (AvgIpc) is 2.93. The molecule has 30 heavy (non-hydrogen) atoms. The second-order valence-corrected chi connectivity index (χ2v) is 8.87. The number of hydrogen-bond acceptors (Lipinski definition) is 7. The van der Waals surface area contributed by atoms with Gasteiger partial charge in [-0.15, -0.1) is 0 Å². The van der Waals surface area contributed by atoms with E-state index in [1.54, 1.807) is 18.2 Å². The number of carbonyl (C=O) groups is 3. The maximum Gasteiger partial charge on any atom is 0.293 e. The van der Waals surface area contributed by atoms with Crippen molar-refractivity contribution >= 4 is 34.9 Å². The lowest BCUT2D eigenvalue weighted by Crippen LogP contribution is -2.38. The molecule has 0 saturated carbocycles.